The van der Waals surface area contributed by atoms with Crippen molar-refractivity contribution in [1.29, 1.82) is 0 Å². The minimum Gasteiger partial charge on any atom is -0.393 e. The number of hydrogen-bond donors (Lipinski definition) is 1. The first kappa shape index (κ1) is 11.9. The van der Waals surface area contributed by atoms with Crippen LogP contribution < -0.4 is 0 Å². The average molecular weight is 243 g/mol. The van der Waals surface area contributed by atoms with Gasteiger partial charge in [0.05, 0.1) is 6.10 Å². The van der Waals surface area contributed by atoms with Crippen molar-refractivity contribution >= 4 is 6.08 Å². The maximum Gasteiger partial charge on any atom is 0.0570 e. The Morgan fingerprint density at radius 3 is 2.44 bits per heavy atom. The number of aliphatic hydroxyl groups excluding tert-OH is 1. The van der Waals surface area contributed by atoms with Gasteiger partial charge in [-0.05, 0) is 31.2 Å². The van der Waals surface area contributed by atoms with Gasteiger partial charge in [-0.2, -0.15) is 0 Å². The van der Waals surface area contributed by atoms with Crippen LogP contribution in [0.5, 0.6) is 0 Å². The van der Waals surface area contributed by atoms with Crippen molar-refractivity contribution in [3.8, 4) is 0 Å². The molecule has 2 bridgehead atoms. The lowest BCUT2D eigenvalue weighted by Crippen LogP contribution is -2.44. The monoisotopic (exact) mass is 243 g/mol. The van der Waals surface area contributed by atoms with Gasteiger partial charge in [0.2, 0.25) is 0 Å². The molecule has 0 spiro atoms. The van der Waals surface area contributed by atoms with Gasteiger partial charge in [0.25, 0.3) is 0 Å². The van der Waals surface area contributed by atoms with Gasteiger partial charge in [-0.3, -0.25) is 4.90 Å². The summed E-state index contributed by atoms with van der Waals surface area (Å²) in [5.41, 5.74) is 1.27. The normalized spacial score (nSPS) is 32.2. The Kier molecular flexibility index (Phi) is 3.48. The summed E-state index contributed by atoms with van der Waals surface area (Å²) in [5, 5.41) is 9.77. The number of aliphatic hydroxyl groups is 1. The molecule has 1 N–H and O–H groups in total. The molecule has 3 rings (SSSR count). The predicted octanol–water partition coefficient (Wildman–Crippen LogP) is 2.69. The van der Waals surface area contributed by atoms with Crippen molar-refractivity contribution in [3.63, 3.8) is 0 Å². The topological polar surface area (TPSA) is 23.5 Å². The molecule has 1 aromatic carbocycles. The van der Waals surface area contributed by atoms with Crippen LogP contribution in [0.3, 0.4) is 0 Å². The first-order valence-corrected chi connectivity index (χ1v) is 6.98. The predicted molar refractivity (Wildman–Crippen MR) is 74.2 cm³/mol. The lowest BCUT2D eigenvalue weighted by atomic mass is 10.00. The fourth-order valence-electron chi connectivity index (χ4n) is 3.42. The molecule has 1 aromatic rings. The van der Waals surface area contributed by atoms with E-state index in [1.807, 2.05) is 6.07 Å². The first-order chi connectivity index (χ1) is 8.83. The third kappa shape index (κ3) is 2.50. The van der Waals surface area contributed by atoms with Crippen molar-refractivity contribution in [2.45, 2.75) is 43.9 Å². The Balaban J connectivity index is 1.59. The van der Waals surface area contributed by atoms with Crippen LogP contribution in [0.4, 0.5) is 0 Å². The van der Waals surface area contributed by atoms with Crippen molar-refractivity contribution < 1.29 is 5.11 Å². The summed E-state index contributed by atoms with van der Waals surface area (Å²) in [4.78, 5) is 2.58. The SMILES string of the molecule is OC1CC2CCC(C1)N2CC=Cc1ccccc1. The minimum atomic E-state index is -0.0585. The Hall–Kier alpha value is -1.12. The lowest BCUT2D eigenvalue weighted by Gasteiger charge is -2.36. The highest BCUT2D eigenvalue weighted by atomic mass is 16.3. The highest BCUT2D eigenvalue weighted by Gasteiger charge is 2.39. The molecule has 0 aliphatic carbocycles. The molecular formula is C16H21NO. The van der Waals surface area contributed by atoms with Crippen LogP contribution in [0.1, 0.15) is 31.2 Å². The van der Waals surface area contributed by atoms with E-state index in [9.17, 15) is 5.11 Å². The van der Waals surface area contributed by atoms with E-state index in [4.69, 9.17) is 0 Å². The van der Waals surface area contributed by atoms with Gasteiger partial charge in [-0.15, -0.1) is 0 Å². The molecular weight excluding hydrogens is 222 g/mol. The standard InChI is InChI=1S/C16H21NO/c18-16-11-14-8-9-15(12-16)17(14)10-4-7-13-5-2-1-3-6-13/h1-7,14-16,18H,8-12H2. The molecule has 18 heavy (non-hydrogen) atoms. The van der Waals surface area contributed by atoms with E-state index in [-0.39, 0.29) is 6.10 Å². The summed E-state index contributed by atoms with van der Waals surface area (Å²) in [7, 11) is 0. The van der Waals surface area contributed by atoms with E-state index in [1.165, 1.54) is 18.4 Å². The van der Waals surface area contributed by atoms with Crippen LogP contribution >= 0.6 is 0 Å². The van der Waals surface area contributed by atoms with Crippen LogP contribution in [-0.4, -0.2) is 34.7 Å². The summed E-state index contributed by atoms with van der Waals surface area (Å²) < 4.78 is 0. The number of piperidine rings is 1. The molecule has 2 aliphatic rings. The van der Waals surface area contributed by atoms with Gasteiger partial charge in [-0.1, -0.05) is 42.5 Å². The second-order valence-electron chi connectivity index (χ2n) is 5.52. The molecule has 2 aliphatic heterocycles. The Labute approximate surface area is 109 Å². The summed E-state index contributed by atoms with van der Waals surface area (Å²) >= 11 is 0. The fourth-order valence-corrected chi connectivity index (χ4v) is 3.42. The maximum absolute atomic E-state index is 9.77. The van der Waals surface area contributed by atoms with Gasteiger partial charge in [-0.25, -0.2) is 0 Å². The molecule has 2 nitrogen and oxygen atoms in total. The smallest absolute Gasteiger partial charge is 0.0570 e. The number of rotatable bonds is 3. The maximum atomic E-state index is 9.77. The number of nitrogens with zero attached hydrogens (tertiary/aromatic N) is 1. The van der Waals surface area contributed by atoms with E-state index in [1.54, 1.807) is 0 Å². The Morgan fingerprint density at radius 1 is 1.11 bits per heavy atom. The molecule has 96 valence electrons. The zero-order valence-corrected chi connectivity index (χ0v) is 10.7. The van der Waals surface area contributed by atoms with Crippen molar-refractivity contribution in [2.24, 2.45) is 0 Å². The largest absolute Gasteiger partial charge is 0.393 e. The number of benzene rings is 1. The first-order valence-electron chi connectivity index (χ1n) is 6.98. The highest BCUT2D eigenvalue weighted by Crippen LogP contribution is 2.35. The molecule has 2 fully saturated rings. The molecule has 0 amide bonds. The minimum absolute atomic E-state index is 0.0585. The number of fused-ring (bicyclic) bond motifs is 2. The molecule has 0 radical (unpaired) electrons. The quantitative estimate of drug-likeness (QED) is 0.882. The molecule has 2 atom stereocenters. The summed E-state index contributed by atoms with van der Waals surface area (Å²) in [5.74, 6) is 0. The van der Waals surface area contributed by atoms with E-state index in [2.05, 4.69) is 41.3 Å². The molecule has 2 saturated heterocycles. The second kappa shape index (κ2) is 5.25. The van der Waals surface area contributed by atoms with Crippen LogP contribution in [0, 0.1) is 0 Å². The third-order valence-corrected chi connectivity index (χ3v) is 4.29. The number of hydrogen-bond acceptors (Lipinski definition) is 2. The average Bonchev–Trinajstić information content (AvgIpc) is 2.63. The van der Waals surface area contributed by atoms with Gasteiger partial charge in [0.15, 0.2) is 0 Å². The Bertz CT molecular complexity index is 400. The van der Waals surface area contributed by atoms with Crippen LogP contribution in [0.2, 0.25) is 0 Å². The molecule has 2 heteroatoms. The van der Waals surface area contributed by atoms with Crippen molar-refractivity contribution in [3.05, 3.63) is 42.0 Å². The molecule has 2 unspecified atom stereocenters. The molecule has 2 heterocycles. The highest BCUT2D eigenvalue weighted by molar-refractivity contribution is 5.48. The van der Waals surface area contributed by atoms with Crippen LogP contribution in [-0.2, 0) is 0 Å². The Morgan fingerprint density at radius 2 is 1.78 bits per heavy atom. The van der Waals surface area contributed by atoms with Crippen LogP contribution in [0.15, 0.2) is 36.4 Å². The van der Waals surface area contributed by atoms with E-state index in [0.717, 1.165) is 19.4 Å². The summed E-state index contributed by atoms with van der Waals surface area (Å²) in [6.07, 6.45) is 8.87. The molecule has 0 saturated carbocycles. The van der Waals surface area contributed by atoms with Gasteiger partial charge in [0, 0.05) is 18.6 Å². The van der Waals surface area contributed by atoms with Crippen LogP contribution in [0.25, 0.3) is 6.08 Å². The van der Waals surface area contributed by atoms with E-state index < -0.39 is 0 Å². The fraction of sp³-hybridized carbons (Fsp3) is 0.500. The van der Waals surface area contributed by atoms with E-state index in [0.29, 0.717) is 12.1 Å². The van der Waals surface area contributed by atoms with Crippen molar-refractivity contribution in [1.82, 2.24) is 4.90 Å². The lowest BCUT2D eigenvalue weighted by molar-refractivity contribution is 0.0422. The van der Waals surface area contributed by atoms with Gasteiger partial charge >= 0.3 is 0 Å². The van der Waals surface area contributed by atoms with Gasteiger partial charge < -0.3 is 5.11 Å². The summed E-state index contributed by atoms with van der Waals surface area (Å²) in [6, 6.07) is 11.7. The molecule has 0 aromatic heterocycles. The summed E-state index contributed by atoms with van der Waals surface area (Å²) in [6.45, 7) is 1.02. The second-order valence-corrected chi connectivity index (χ2v) is 5.52. The van der Waals surface area contributed by atoms with Gasteiger partial charge in [0.1, 0.15) is 0 Å². The third-order valence-electron chi connectivity index (χ3n) is 4.29. The zero-order chi connectivity index (χ0) is 12.4. The van der Waals surface area contributed by atoms with E-state index >= 15 is 0 Å². The zero-order valence-electron chi connectivity index (χ0n) is 10.7. The van der Waals surface area contributed by atoms with Crippen molar-refractivity contribution in [2.75, 3.05) is 6.54 Å².